The van der Waals surface area contributed by atoms with E-state index in [2.05, 4.69) is 5.32 Å². The number of carbonyl (C=O) groups excluding carboxylic acids is 1. The first-order valence-electron chi connectivity index (χ1n) is 8.92. The van der Waals surface area contributed by atoms with Gasteiger partial charge in [-0.15, -0.1) is 0 Å². The summed E-state index contributed by atoms with van der Waals surface area (Å²) in [5, 5.41) is 3.04. The Morgan fingerprint density at radius 2 is 1.93 bits per heavy atom. The van der Waals surface area contributed by atoms with E-state index in [9.17, 15) is 4.79 Å². The average molecular weight is 367 g/mol. The third-order valence-electron chi connectivity index (χ3n) is 4.55. The molecule has 4 rings (SSSR count). The molecular formula is C21H21NO5. The Hall–Kier alpha value is -3.15. The standard InChI is InChI=1S/C21H21NO5/c1-24-18-12-14(13-19-21(18)27-11-10-26-19)6-7-20(23)22-16-8-9-25-17-5-3-2-4-15(16)17/h2-7,12-13,16H,8-11H2,1H3,(H,22,23)/b7-6+/t16-/m0/s1. The zero-order valence-corrected chi connectivity index (χ0v) is 15.1. The third-order valence-corrected chi connectivity index (χ3v) is 4.55. The van der Waals surface area contributed by atoms with E-state index >= 15 is 0 Å². The average Bonchev–Trinajstić information content (AvgIpc) is 2.72. The second-order valence-electron chi connectivity index (χ2n) is 6.32. The summed E-state index contributed by atoms with van der Waals surface area (Å²) in [6.07, 6.45) is 4.00. The molecule has 0 spiro atoms. The van der Waals surface area contributed by atoms with Crippen LogP contribution >= 0.6 is 0 Å². The Morgan fingerprint density at radius 1 is 1.11 bits per heavy atom. The number of hydrogen-bond donors (Lipinski definition) is 1. The van der Waals surface area contributed by atoms with E-state index in [4.69, 9.17) is 18.9 Å². The largest absolute Gasteiger partial charge is 0.493 e. The highest BCUT2D eigenvalue weighted by Crippen LogP contribution is 2.40. The lowest BCUT2D eigenvalue weighted by Gasteiger charge is -2.26. The first-order valence-corrected chi connectivity index (χ1v) is 8.92. The van der Waals surface area contributed by atoms with Crippen molar-refractivity contribution in [3.05, 3.63) is 53.6 Å². The summed E-state index contributed by atoms with van der Waals surface area (Å²) >= 11 is 0. The van der Waals surface area contributed by atoms with Crippen LogP contribution in [0.4, 0.5) is 0 Å². The molecule has 2 aliphatic rings. The van der Waals surface area contributed by atoms with Gasteiger partial charge < -0.3 is 24.3 Å². The zero-order chi connectivity index (χ0) is 18.6. The van der Waals surface area contributed by atoms with Crippen LogP contribution in [0.1, 0.15) is 23.6 Å². The van der Waals surface area contributed by atoms with Gasteiger partial charge in [0.15, 0.2) is 11.5 Å². The van der Waals surface area contributed by atoms with E-state index in [1.165, 1.54) is 6.08 Å². The maximum absolute atomic E-state index is 12.4. The van der Waals surface area contributed by atoms with Gasteiger partial charge in [0.2, 0.25) is 11.7 Å². The van der Waals surface area contributed by atoms with Gasteiger partial charge >= 0.3 is 0 Å². The fourth-order valence-corrected chi connectivity index (χ4v) is 3.27. The minimum atomic E-state index is -0.162. The molecule has 0 aromatic heterocycles. The van der Waals surface area contributed by atoms with Crippen molar-refractivity contribution in [2.24, 2.45) is 0 Å². The summed E-state index contributed by atoms with van der Waals surface area (Å²) in [5.41, 5.74) is 1.81. The Kier molecular flexibility index (Phi) is 4.87. The number of rotatable bonds is 4. The summed E-state index contributed by atoms with van der Waals surface area (Å²) in [6.45, 7) is 1.57. The Bertz CT molecular complexity index is 860. The number of carbonyl (C=O) groups is 1. The highest BCUT2D eigenvalue weighted by Gasteiger charge is 2.22. The van der Waals surface area contributed by atoms with Crippen LogP contribution in [0.25, 0.3) is 6.08 Å². The lowest BCUT2D eigenvalue weighted by atomic mass is 10.0. The molecule has 0 fully saturated rings. The third kappa shape index (κ3) is 3.69. The Balaban J connectivity index is 1.48. The smallest absolute Gasteiger partial charge is 0.244 e. The van der Waals surface area contributed by atoms with Gasteiger partial charge in [-0.2, -0.15) is 0 Å². The molecule has 6 heteroatoms. The summed E-state index contributed by atoms with van der Waals surface area (Å²) in [6, 6.07) is 11.4. The van der Waals surface area contributed by atoms with Gasteiger partial charge in [-0.3, -0.25) is 4.79 Å². The van der Waals surface area contributed by atoms with Crippen LogP contribution < -0.4 is 24.3 Å². The highest BCUT2D eigenvalue weighted by molar-refractivity contribution is 5.92. The topological polar surface area (TPSA) is 66.0 Å². The van der Waals surface area contributed by atoms with Crippen LogP contribution in [0.3, 0.4) is 0 Å². The van der Waals surface area contributed by atoms with Crippen LogP contribution in [0.2, 0.25) is 0 Å². The fraction of sp³-hybridized carbons (Fsp3) is 0.286. The first kappa shape index (κ1) is 17.3. The van der Waals surface area contributed by atoms with Gasteiger partial charge in [-0.25, -0.2) is 0 Å². The molecule has 0 unspecified atom stereocenters. The van der Waals surface area contributed by atoms with Gasteiger partial charge in [-0.1, -0.05) is 18.2 Å². The number of benzene rings is 2. The van der Waals surface area contributed by atoms with E-state index in [-0.39, 0.29) is 11.9 Å². The quantitative estimate of drug-likeness (QED) is 0.841. The number of nitrogens with one attached hydrogen (secondary N) is 1. The normalized spacial score (nSPS) is 17.7. The molecule has 0 aliphatic carbocycles. The lowest BCUT2D eigenvalue weighted by molar-refractivity contribution is -0.117. The fourth-order valence-electron chi connectivity index (χ4n) is 3.27. The Morgan fingerprint density at radius 3 is 2.81 bits per heavy atom. The molecule has 0 radical (unpaired) electrons. The van der Waals surface area contributed by atoms with Gasteiger partial charge in [0.25, 0.3) is 0 Å². The maximum atomic E-state index is 12.4. The molecule has 2 heterocycles. The van der Waals surface area contributed by atoms with Crippen LogP contribution in [-0.2, 0) is 4.79 Å². The Labute approximate surface area is 157 Å². The number of methoxy groups -OCH3 is 1. The zero-order valence-electron chi connectivity index (χ0n) is 15.1. The van der Waals surface area contributed by atoms with Crippen molar-refractivity contribution >= 4 is 12.0 Å². The first-order chi connectivity index (χ1) is 13.2. The molecule has 1 atom stereocenters. The second-order valence-corrected chi connectivity index (χ2v) is 6.32. The minimum Gasteiger partial charge on any atom is -0.493 e. The molecule has 6 nitrogen and oxygen atoms in total. The summed E-state index contributed by atoms with van der Waals surface area (Å²) in [7, 11) is 1.58. The van der Waals surface area contributed by atoms with E-state index in [0.29, 0.717) is 37.1 Å². The molecular weight excluding hydrogens is 346 g/mol. The van der Waals surface area contributed by atoms with Crippen molar-refractivity contribution in [3.63, 3.8) is 0 Å². The molecule has 140 valence electrons. The van der Waals surface area contributed by atoms with Crippen LogP contribution in [0.15, 0.2) is 42.5 Å². The van der Waals surface area contributed by atoms with Crippen molar-refractivity contribution in [2.75, 3.05) is 26.9 Å². The predicted octanol–water partition coefficient (Wildman–Crippen LogP) is 3.12. The summed E-state index contributed by atoms with van der Waals surface area (Å²) in [4.78, 5) is 12.4. The minimum absolute atomic E-state index is 0.0538. The van der Waals surface area contributed by atoms with E-state index in [0.717, 1.165) is 23.3 Å². The summed E-state index contributed by atoms with van der Waals surface area (Å²) < 4.78 is 22.2. The van der Waals surface area contributed by atoms with Gasteiger partial charge in [0.1, 0.15) is 19.0 Å². The number of hydrogen-bond acceptors (Lipinski definition) is 5. The molecule has 2 aliphatic heterocycles. The second kappa shape index (κ2) is 7.61. The summed E-state index contributed by atoms with van der Waals surface area (Å²) in [5.74, 6) is 2.48. The number of para-hydroxylation sites is 1. The van der Waals surface area contributed by atoms with Crippen LogP contribution in [0.5, 0.6) is 23.0 Å². The van der Waals surface area contributed by atoms with Crippen LogP contribution in [0, 0.1) is 0 Å². The van der Waals surface area contributed by atoms with Gasteiger partial charge in [0, 0.05) is 18.1 Å². The maximum Gasteiger partial charge on any atom is 0.244 e. The molecule has 0 bridgehead atoms. The molecule has 2 aromatic carbocycles. The van der Waals surface area contributed by atoms with Crippen molar-refractivity contribution in [1.29, 1.82) is 0 Å². The number of ether oxygens (including phenoxy) is 4. The van der Waals surface area contributed by atoms with Crippen molar-refractivity contribution < 1.29 is 23.7 Å². The molecule has 0 saturated heterocycles. The van der Waals surface area contributed by atoms with Crippen LogP contribution in [-0.4, -0.2) is 32.8 Å². The number of fused-ring (bicyclic) bond motifs is 2. The molecule has 27 heavy (non-hydrogen) atoms. The number of amides is 1. The van der Waals surface area contributed by atoms with Crippen molar-refractivity contribution in [3.8, 4) is 23.0 Å². The van der Waals surface area contributed by atoms with E-state index in [1.54, 1.807) is 13.2 Å². The van der Waals surface area contributed by atoms with Crippen molar-refractivity contribution in [2.45, 2.75) is 12.5 Å². The monoisotopic (exact) mass is 367 g/mol. The van der Waals surface area contributed by atoms with Gasteiger partial charge in [-0.05, 0) is 29.8 Å². The van der Waals surface area contributed by atoms with E-state index in [1.807, 2.05) is 36.4 Å². The van der Waals surface area contributed by atoms with Gasteiger partial charge in [0.05, 0.1) is 19.8 Å². The molecule has 1 N–H and O–H groups in total. The van der Waals surface area contributed by atoms with E-state index < -0.39 is 0 Å². The lowest BCUT2D eigenvalue weighted by Crippen LogP contribution is -2.30. The SMILES string of the molecule is COc1cc(/C=C/C(=O)N[C@H]2CCOc3ccccc32)cc2c1OCCO2. The molecule has 1 amide bonds. The molecule has 2 aromatic rings. The van der Waals surface area contributed by atoms with Crippen molar-refractivity contribution in [1.82, 2.24) is 5.32 Å². The highest BCUT2D eigenvalue weighted by atomic mass is 16.6. The predicted molar refractivity (Wildman–Crippen MR) is 100 cm³/mol. The molecule has 0 saturated carbocycles.